The molecule has 1 aliphatic carbocycles. The van der Waals surface area contributed by atoms with E-state index < -0.39 is 18.8 Å². The number of halogens is 5. The molecule has 2 aromatic rings. The van der Waals surface area contributed by atoms with Crippen molar-refractivity contribution in [3.05, 3.63) is 40.4 Å². The summed E-state index contributed by atoms with van der Waals surface area (Å²) in [6.07, 6.45) is -2.06. The maximum atomic E-state index is 13.5. The van der Waals surface area contributed by atoms with Gasteiger partial charge in [0.1, 0.15) is 11.6 Å². The van der Waals surface area contributed by atoms with E-state index in [1.165, 1.54) is 0 Å². The zero-order valence-electron chi connectivity index (χ0n) is 14.6. The van der Waals surface area contributed by atoms with Crippen LogP contribution in [0.15, 0.2) is 18.2 Å². The SMILES string of the molecule is FCC1Cc2cc(Cl)ccc2-n2c(nnc2C2CCC(C(F)(F)F)CC2)C1. The Hall–Kier alpha value is -1.63. The molecule has 1 fully saturated rings. The molecular weight excluding hydrogens is 382 g/mol. The van der Waals surface area contributed by atoms with E-state index in [0.717, 1.165) is 11.3 Å². The minimum absolute atomic E-state index is 0.0738. The van der Waals surface area contributed by atoms with Crippen molar-refractivity contribution in [3.63, 3.8) is 0 Å². The van der Waals surface area contributed by atoms with Crippen LogP contribution in [0.25, 0.3) is 5.69 Å². The molecule has 0 amide bonds. The number of fused-ring (bicyclic) bond motifs is 3. The third-order valence-corrected chi connectivity index (χ3v) is 6.03. The van der Waals surface area contributed by atoms with Crippen LogP contribution in [0, 0.1) is 11.8 Å². The minimum atomic E-state index is -4.13. The van der Waals surface area contributed by atoms with Gasteiger partial charge < -0.3 is 0 Å². The summed E-state index contributed by atoms with van der Waals surface area (Å²) in [7, 11) is 0. The van der Waals surface area contributed by atoms with Gasteiger partial charge in [0.25, 0.3) is 0 Å². The van der Waals surface area contributed by atoms with Crippen LogP contribution >= 0.6 is 11.6 Å². The van der Waals surface area contributed by atoms with Gasteiger partial charge in [-0.05, 0) is 61.8 Å². The Bertz CT molecular complexity index is 825. The molecule has 1 aromatic carbocycles. The van der Waals surface area contributed by atoms with Gasteiger partial charge in [-0.25, -0.2) is 0 Å². The molecule has 1 unspecified atom stereocenters. The Morgan fingerprint density at radius 1 is 1.07 bits per heavy atom. The van der Waals surface area contributed by atoms with E-state index in [1.54, 1.807) is 6.07 Å². The molecule has 1 saturated carbocycles. The number of alkyl halides is 4. The van der Waals surface area contributed by atoms with Crippen molar-refractivity contribution in [2.75, 3.05) is 6.67 Å². The van der Waals surface area contributed by atoms with Crippen LogP contribution in [0.4, 0.5) is 17.6 Å². The smallest absolute Gasteiger partial charge is 0.282 e. The quantitative estimate of drug-likeness (QED) is 0.627. The average Bonchev–Trinajstić information content (AvgIpc) is 2.97. The standard InChI is InChI=1S/C19H20ClF4N3/c20-15-5-6-16-13(9-15)7-11(10-21)8-17-25-26-18(27(16)17)12-1-3-14(4-2-12)19(22,23)24/h5-6,9,11-12,14H,1-4,7-8,10H2. The molecule has 1 aromatic heterocycles. The van der Waals surface area contributed by atoms with E-state index in [2.05, 4.69) is 10.2 Å². The second-order valence-electron chi connectivity index (χ2n) is 7.60. The molecule has 8 heteroatoms. The first-order valence-electron chi connectivity index (χ1n) is 9.22. The van der Waals surface area contributed by atoms with Crippen LogP contribution in [-0.4, -0.2) is 27.6 Å². The fourth-order valence-electron chi connectivity index (χ4n) is 4.35. The molecule has 146 valence electrons. The largest absolute Gasteiger partial charge is 0.391 e. The maximum Gasteiger partial charge on any atom is 0.391 e. The number of benzene rings is 1. The van der Waals surface area contributed by atoms with Gasteiger partial charge in [-0.15, -0.1) is 10.2 Å². The molecule has 1 aliphatic heterocycles. The summed E-state index contributed by atoms with van der Waals surface area (Å²) in [6.45, 7) is -0.467. The summed E-state index contributed by atoms with van der Waals surface area (Å²) in [4.78, 5) is 0. The highest BCUT2D eigenvalue weighted by Gasteiger charge is 2.42. The van der Waals surface area contributed by atoms with Gasteiger partial charge in [-0.3, -0.25) is 8.96 Å². The van der Waals surface area contributed by atoms with E-state index in [9.17, 15) is 17.6 Å². The second-order valence-corrected chi connectivity index (χ2v) is 8.04. The molecule has 27 heavy (non-hydrogen) atoms. The van der Waals surface area contributed by atoms with Crippen LogP contribution in [0.2, 0.25) is 5.02 Å². The molecule has 1 atom stereocenters. The lowest BCUT2D eigenvalue weighted by molar-refractivity contribution is -0.182. The zero-order valence-corrected chi connectivity index (χ0v) is 15.4. The van der Waals surface area contributed by atoms with Crippen molar-refractivity contribution in [2.24, 2.45) is 11.8 Å². The van der Waals surface area contributed by atoms with Gasteiger partial charge in [-0.2, -0.15) is 13.2 Å². The highest BCUT2D eigenvalue weighted by atomic mass is 35.5. The lowest BCUT2D eigenvalue weighted by Gasteiger charge is -2.29. The Kier molecular flexibility index (Phi) is 4.91. The predicted octanol–water partition coefficient (Wildman–Crippen LogP) is 5.44. The Balaban J connectivity index is 1.69. The predicted molar refractivity (Wildman–Crippen MR) is 94.0 cm³/mol. The van der Waals surface area contributed by atoms with Gasteiger partial charge in [0.15, 0.2) is 0 Å². The monoisotopic (exact) mass is 401 g/mol. The third-order valence-electron chi connectivity index (χ3n) is 5.79. The van der Waals surface area contributed by atoms with Crippen molar-refractivity contribution in [1.29, 1.82) is 0 Å². The first-order valence-corrected chi connectivity index (χ1v) is 9.60. The van der Waals surface area contributed by atoms with Gasteiger partial charge in [0.05, 0.1) is 18.3 Å². The average molecular weight is 402 g/mol. The lowest BCUT2D eigenvalue weighted by atomic mass is 9.81. The molecule has 0 N–H and O–H groups in total. The minimum Gasteiger partial charge on any atom is -0.282 e. The van der Waals surface area contributed by atoms with E-state index in [1.807, 2.05) is 16.7 Å². The van der Waals surface area contributed by atoms with Crippen LogP contribution in [0.1, 0.15) is 48.8 Å². The Morgan fingerprint density at radius 3 is 2.48 bits per heavy atom. The molecular formula is C19H20ClF4N3. The van der Waals surface area contributed by atoms with E-state index >= 15 is 0 Å². The van der Waals surface area contributed by atoms with Crippen molar-refractivity contribution in [1.82, 2.24) is 14.8 Å². The van der Waals surface area contributed by atoms with Gasteiger partial charge >= 0.3 is 6.18 Å². The Labute approximate surface area is 159 Å². The van der Waals surface area contributed by atoms with Crippen LogP contribution in [0.3, 0.4) is 0 Å². The molecule has 0 bridgehead atoms. The number of aromatic nitrogens is 3. The van der Waals surface area contributed by atoms with Gasteiger partial charge in [0, 0.05) is 17.4 Å². The van der Waals surface area contributed by atoms with Crippen molar-refractivity contribution in [2.45, 2.75) is 50.6 Å². The fraction of sp³-hybridized carbons (Fsp3) is 0.579. The first-order chi connectivity index (χ1) is 12.9. The molecule has 3 nitrogen and oxygen atoms in total. The van der Waals surface area contributed by atoms with Gasteiger partial charge in [0.2, 0.25) is 0 Å². The summed E-state index contributed by atoms with van der Waals surface area (Å²) in [5.41, 5.74) is 1.79. The van der Waals surface area contributed by atoms with Crippen LogP contribution < -0.4 is 0 Å². The van der Waals surface area contributed by atoms with E-state index in [0.29, 0.717) is 42.4 Å². The normalized spacial score (nSPS) is 25.6. The number of rotatable bonds is 2. The number of hydrogen-bond acceptors (Lipinski definition) is 2. The zero-order chi connectivity index (χ0) is 19.2. The number of nitrogens with zero attached hydrogens (tertiary/aromatic N) is 3. The molecule has 0 radical (unpaired) electrons. The summed E-state index contributed by atoms with van der Waals surface area (Å²) >= 11 is 6.13. The molecule has 2 heterocycles. The fourth-order valence-corrected chi connectivity index (χ4v) is 4.55. The highest BCUT2D eigenvalue weighted by Crippen LogP contribution is 2.43. The maximum absolute atomic E-state index is 13.5. The van der Waals surface area contributed by atoms with Crippen molar-refractivity contribution >= 4 is 11.6 Å². The molecule has 0 spiro atoms. The molecule has 2 aliphatic rings. The highest BCUT2D eigenvalue weighted by molar-refractivity contribution is 6.30. The van der Waals surface area contributed by atoms with Crippen LogP contribution in [0.5, 0.6) is 0 Å². The van der Waals surface area contributed by atoms with Gasteiger partial charge in [-0.1, -0.05) is 11.6 Å². The molecule has 0 saturated heterocycles. The van der Waals surface area contributed by atoms with Crippen molar-refractivity contribution in [3.8, 4) is 5.69 Å². The summed E-state index contributed by atoms with van der Waals surface area (Å²) < 4.78 is 54.3. The van der Waals surface area contributed by atoms with E-state index in [-0.39, 0.29) is 24.7 Å². The summed E-state index contributed by atoms with van der Waals surface area (Å²) in [6, 6.07) is 5.47. The summed E-state index contributed by atoms with van der Waals surface area (Å²) in [5.74, 6) is -0.153. The first kappa shape index (κ1) is 18.7. The third kappa shape index (κ3) is 3.58. The Morgan fingerprint density at radius 2 is 1.81 bits per heavy atom. The molecule has 4 rings (SSSR count). The van der Waals surface area contributed by atoms with E-state index in [4.69, 9.17) is 11.6 Å². The lowest BCUT2D eigenvalue weighted by Crippen LogP contribution is -2.28. The summed E-state index contributed by atoms with van der Waals surface area (Å²) in [5, 5.41) is 9.17. The van der Waals surface area contributed by atoms with Crippen molar-refractivity contribution < 1.29 is 17.6 Å². The second kappa shape index (κ2) is 7.08. The van der Waals surface area contributed by atoms with Crippen LogP contribution in [-0.2, 0) is 12.8 Å². The number of hydrogen-bond donors (Lipinski definition) is 0. The topological polar surface area (TPSA) is 30.7 Å².